The first-order valence-electron chi connectivity index (χ1n) is 7.17. The van der Waals surface area contributed by atoms with Gasteiger partial charge in [0, 0.05) is 18.9 Å². The van der Waals surface area contributed by atoms with Crippen LogP contribution in [0.3, 0.4) is 0 Å². The van der Waals surface area contributed by atoms with E-state index >= 15 is 0 Å². The van der Waals surface area contributed by atoms with E-state index in [1.165, 1.54) is 6.33 Å². The smallest absolute Gasteiger partial charge is 0.252 e. The second kappa shape index (κ2) is 6.77. The molecule has 2 heterocycles. The Morgan fingerprint density at radius 3 is 2.61 bits per heavy atom. The fourth-order valence-electron chi connectivity index (χ4n) is 2.16. The predicted octanol–water partition coefficient (Wildman–Crippen LogP) is 1.78. The van der Waals surface area contributed by atoms with Crippen molar-refractivity contribution in [1.29, 1.82) is 5.26 Å². The van der Waals surface area contributed by atoms with Gasteiger partial charge < -0.3 is 5.32 Å². The number of nitrogens with zero attached hydrogens (tertiary/aromatic N) is 6. The summed E-state index contributed by atoms with van der Waals surface area (Å²) in [4.78, 5) is 12.7. The average molecular weight is 305 g/mol. The molecule has 7 heteroatoms. The molecule has 23 heavy (non-hydrogen) atoms. The zero-order valence-electron chi connectivity index (χ0n) is 12.6. The van der Waals surface area contributed by atoms with Gasteiger partial charge in [-0.2, -0.15) is 15.0 Å². The van der Waals surface area contributed by atoms with Gasteiger partial charge in [-0.05, 0) is 30.7 Å². The molecule has 1 N–H and O–H groups in total. The summed E-state index contributed by atoms with van der Waals surface area (Å²) in [5.74, 6) is 1.23. The molecule has 1 aromatic carbocycles. The van der Waals surface area contributed by atoms with Crippen LogP contribution >= 0.6 is 0 Å². The maximum absolute atomic E-state index is 8.81. The molecule has 0 saturated heterocycles. The highest BCUT2D eigenvalue weighted by atomic mass is 15.4. The van der Waals surface area contributed by atoms with Gasteiger partial charge in [0.25, 0.3) is 5.95 Å². The van der Waals surface area contributed by atoms with Crippen LogP contribution in [0.1, 0.15) is 29.9 Å². The third kappa shape index (κ3) is 3.39. The lowest BCUT2D eigenvalue weighted by Crippen LogP contribution is -2.22. The Labute approximate surface area is 133 Å². The van der Waals surface area contributed by atoms with E-state index in [-0.39, 0.29) is 6.04 Å². The van der Waals surface area contributed by atoms with Crippen molar-refractivity contribution in [2.75, 3.05) is 0 Å². The van der Waals surface area contributed by atoms with Gasteiger partial charge in [-0.25, -0.2) is 15.0 Å². The summed E-state index contributed by atoms with van der Waals surface area (Å²) in [6, 6.07) is 11.3. The van der Waals surface area contributed by atoms with Crippen LogP contribution in [0.4, 0.5) is 0 Å². The number of aromatic nitrogens is 5. The first-order chi connectivity index (χ1) is 11.3. The summed E-state index contributed by atoms with van der Waals surface area (Å²) in [6.45, 7) is 2.67. The molecule has 1 atom stereocenters. The SMILES string of the molecule is CC(NCc1ccc(C#N)cc1)c1ncnn1-c1ncccn1. The van der Waals surface area contributed by atoms with Crippen molar-refractivity contribution < 1.29 is 0 Å². The van der Waals surface area contributed by atoms with Gasteiger partial charge in [-0.3, -0.25) is 0 Å². The summed E-state index contributed by atoms with van der Waals surface area (Å²) in [5, 5.41) is 16.4. The largest absolute Gasteiger partial charge is 0.303 e. The molecular weight excluding hydrogens is 290 g/mol. The summed E-state index contributed by atoms with van der Waals surface area (Å²) < 4.78 is 1.62. The number of rotatable bonds is 5. The Kier molecular flexibility index (Phi) is 4.36. The summed E-state index contributed by atoms with van der Waals surface area (Å²) in [7, 11) is 0. The molecule has 0 aliphatic rings. The van der Waals surface area contributed by atoms with Crippen molar-refractivity contribution in [1.82, 2.24) is 30.0 Å². The third-order valence-corrected chi connectivity index (χ3v) is 3.40. The number of hydrogen-bond donors (Lipinski definition) is 1. The van der Waals surface area contributed by atoms with Gasteiger partial charge in [0.2, 0.25) is 0 Å². The number of benzene rings is 1. The molecule has 0 aliphatic heterocycles. The standard InChI is InChI=1S/C16H15N7/c1-12(20-10-14-5-3-13(9-17)4-6-14)15-21-11-22-23(15)16-18-7-2-8-19-16/h2-8,11-12,20H,10H2,1H3. The van der Waals surface area contributed by atoms with E-state index in [0.29, 0.717) is 18.1 Å². The van der Waals surface area contributed by atoms with Gasteiger partial charge in [0.1, 0.15) is 6.33 Å². The molecule has 114 valence electrons. The first kappa shape index (κ1) is 14.8. The molecule has 7 nitrogen and oxygen atoms in total. The first-order valence-corrected chi connectivity index (χ1v) is 7.17. The van der Waals surface area contributed by atoms with Crippen molar-refractivity contribution in [3.05, 3.63) is 66.0 Å². The van der Waals surface area contributed by atoms with E-state index in [4.69, 9.17) is 5.26 Å². The molecule has 0 saturated carbocycles. The van der Waals surface area contributed by atoms with E-state index in [1.807, 2.05) is 31.2 Å². The molecule has 0 fully saturated rings. The van der Waals surface area contributed by atoms with E-state index in [9.17, 15) is 0 Å². The minimum atomic E-state index is -0.0306. The molecule has 3 rings (SSSR count). The van der Waals surface area contributed by atoms with Crippen molar-refractivity contribution in [3.8, 4) is 12.0 Å². The van der Waals surface area contributed by atoms with E-state index in [1.54, 1.807) is 23.1 Å². The summed E-state index contributed by atoms with van der Waals surface area (Å²) >= 11 is 0. The van der Waals surface area contributed by atoms with E-state index < -0.39 is 0 Å². The highest BCUT2D eigenvalue weighted by Crippen LogP contribution is 2.12. The molecule has 2 aromatic heterocycles. The van der Waals surface area contributed by atoms with Gasteiger partial charge in [-0.15, -0.1) is 0 Å². The van der Waals surface area contributed by atoms with Crippen molar-refractivity contribution in [3.63, 3.8) is 0 Å². The second-order valence-electron chi connectivity index (χ2n) is 4.99. The fraction of sp³-hybridized carbons (Fsp3) is 0.188. The highest BCUT2D eigenvalue weighted by molar-refractivity contribution is 5.31. The van der Waals surface area contributed by atoms with Crippen LogP contribution in [0.2, 0.25) is 0 Å². The lowest BCUT2D eigenvalue weighted by atomic mass is 10.1. The van der Waals surface area contributed by atoms with E-state index in [2.05, 4.69) is 31.4 Å². The normalized spacial score (nSPS) is 11.8. The van der Waals surface area contributed by atoms with Crippen molar-refractivity contribution >= 4 is 0 Å². The van der Waals surface area contributed by atoms with Crippen molar-refractivity contribution in [2.24, 2.45) is 0 Å². The maximum atomic E-state index is 8.81. The van der Waals surface area contributed by atoms with Crippen LogP contribution in [-0.4, -0.2) is 24.7 Å². The number of nitrogens with one attached hydrogen (secondary N) is 1. The zero-order valence-corrected chi connectivity index (χ0v) is 12.6. The molecule has 3 aromatic rings. The Balaban J connectivity index is 1.70. The van der Waals surface area contributed by atoms with Crippen LogP contribution in [0.25, 0.3) is 5.95 Å². The van der Waals surface area contributed by atoms with Crippen LogP contribution in [0, 0.1) is 11.3 Å². The van der Waals surface area contributed by atoms with Gasteiger partial charge in [0.15, 0.2) is 5.82 Å². The second-order valence-corrected chi connectivity index (χ2v) is 4.99. The van der Waals surface area contributed by atoms with Crippen molar-refractivity contribution in [2.45, 2.75) is 19.5 Å². The Bertz CT molecular complexity index is 802. The Hall–Kier alpha value is -3.11. The molecular formula is C16H15N7. The van der Waals surface area contributed by atoms with Crippen LogP contribution < -0.4 is 5.32 Å². The minimum Gasteiger partial charge on any atom is -0.303 e. The van der Waals surface area contributed by atoms with Crippen LogP contribution in [-0.2, 0) is 6.54 Å². The highest BCUT2D eigenvalue weighted by Gasteiger charge is 2.15. The molecule has 0 aliphatic carbocycles. The number of nitriles is 1. The lowest BCUT2D eigenvalue weighted by Gasteiger charge is -2.13. The number of hydrogen-bond acceptors (Lipinski definition) is 6. The van der Waals surface area contributed by atoms with E-state index in [0.717, 1.165) is 11.4 Å². The Morgan fingerprint density at radius 2 is 1.91 bits per heavy atom. The lowest BCUT2D eigenvalue weighted by molar-refractivity contribution is 0.528. The zero-order chi connectivity index (χ0) is 16.1. The summed E-state index contributed by atoms with van der Waals surface area (Å²) in [6.07, 6.45) is 4.83. The third-order valence-electron chi connectivity index (χ3n) is 3.40. The van der Waals surface area contributed by atoms with Gasteiger partial charge in [0.05, 0.1) is 17.7 Å². The monoisotopic (exact) mass is 305 g/mol. The molecule has 0 radical (unpaired) electrons. The molecule has 0 spiro atoms. The molecule has 0 amide bonds. The van der Waals surface area contributed by atoms with Gasteiger partial charge in [-0.1, -0.05) is 12.1 Å². The predicted molar refractivity (Wildman–Crippen MR) is 83.4 cm³/mol. The van der Waals surface area contributed by atoms with Gasteiger partial charge >= 0.3 is 0 Å². The quantitative estimate of drug-likeness (QED) is 0.772. The van der Waals surface area contributed by atoms with Crippen LogP contribution in [0.15, 0.2) is 49.1 Å². The summed E-state index contributed by atoms with van der Waals surface area (Å²) in [5.41, 5.74) is 1.75. The van der Waals surface area contributed by atoms with Crippen LogP contribution in [0.5, 0.6) is 0 Å². The average Bonchev–Trinajstić information content (AvgIpc) is 3.11. The molecule has 1 unspecified atom stereocenters. The topological polar surface area (TPSA) is 92.3 Å². The minimum absolute atomic E-state index is 0.0306. The Morgan fingerprint density at radius 1 is 1.17 bits per heavy atom. The molecule has 0 bridgehead atoms. The fourth-order valence-corrected chi connectivity index (χ4v) is 2.16. The maximum Gasteiger partial charge on any atom is 0.252 e.